The molecule has 0 fully saturated rings. The second kappa shape index (κ2) is 8.26. The Hall–Kier alpha value is -2.61. The number of benzene rings is 2. The number of fused-ring (bicyclic) bond motifs is 1. The number of carbonyl (C=O) groups excluding carboxylic acids is 2. The van der Waals surface area contributed by atoms with Crippen LogP contribution in [0, 0.1) is 0 Å². The largest absolute Gasteiger partial charge is 0.272 e. The summed E-state index contributed by atoms with van der Waals surface area (Å²) in [5, 5.41) is 0. The number of halogens is 2. The van der Waals surface area contributed by atoms with Gasteiger partial charge in [-0.05, 0) is 52.8 Å². The van der Waals surface area contributed by atoms with Gasteiger partial charge in [0.1, 0.15) is 0 Å². The van der Waals surface area contributed by atoms with Gasteiger partial charge < -0.3 is 0 Å². The first-order chi connectivity index (χ1) is 14.0. The van der Waals surface area contributed by atoms with Crippen LogP contribution in [-0.4, -0.2) is 16.0 Å². The number of carbonyl (C=O) groups is 2. The smallest absolute Gasteiger partial charge is 0.265 e. The van der Waals surface area contributed by atoms with Crippen LogP contribution in [-0.2, 0) is 21.1 Å². The van der Waals surface area contributed by atoms with Gasteiger partial charge >= 0.3 is 0 Å². The van der Waals surface area contributed by atoms with Crippen LogP contribution in [0.2, 0.25) is 0 Å². The summed E-state index contributed by atoms with van der Waals surface area (Å²) in [6, 6.07) is 9.14. The number of nitrogens with one attached hydrogen (secondary N) is 1. The van der Waals surface area contributed by atoms with Gasteiger partial charge in [-0.2, -0.15) is 0 Å². The molecule has 1 unspecified atom stereocenters. The predicted octanol–water partition coefficient (Wildman–Crippen LogP) is 5.13. The molecule has 2 aromatic carbocycles. The van der Waals surface area contributed by atoms with E-state index in [2.05, 4.69) is 9.08 Å². The van der Waals surface area contributed by atoms with Crippen molar-refractivity contribution in [1.82, 2.24) is 4.72 Å². The number of rotatable bonds is 5. The second-order valence-corrected chi connectivity index (χ2v) is 9.78. The molecule has 1 atom stereocenters. The molecule has 1 N–H and O–H groups in total. The lowest BCUT2D eigenvalue weighted by Gasteiger charge is -2.21. The van der Waals surface area contributed by atoms with Gasteiger partial charge in [0.05, 0.1) is 16.9 Å². The van der Waals surface area contributed by atoms with Gasteiger partial charge in [-0.25, -0.2) is 13.0 Å². The molecule has 3 rings (SSSR count). The molecule has 2 aromatic rings. The van der Waals surface area contributed by atoms with Crippen molar-refractivity contribution < 1.29 is 22.6 Å². The van der Waals surface area contributed by atoms with Gasteiger partial charge in [0, 0.05) is 5.56 Å². The van der Waals surface area contributed by atoms with E-state index >= 15 is 0 Å². The average Bonchev–Trinajstić information content (AvgIpc) is 2.91. The summed E-state index contributed by atoms with van der Waals surface area (Å²) in [6.07, 6.45) is -2.80. The first-order valence-electron chi connectivity index (χ1n) is 9.69. The van der Waals surface area contributed by atoms with Crippen LogP contribution in [0.1, 0.15) is 78.6 Å². The molecule has 8 heteroatoms. The van der Waals surface area contributed by atoms with E-state index in [1.54, 1.807) is 12.1 Å². The van der Waals surface area contributed by atoms with Gasteiger partial charge in [0.15, 0.2) is 9.92 Å². The minimum atomic E-state index is -3.41. The van der Waals surface area contributed by atoms with Crippen LogP contribution in [0.5, 0.6) is 0 Å². The third-order valence-corrected chi connectivity index (χ3v) is 6.93. The SMILES string of the molecule is CC(C)c1cc(C(F)F)cc(C(C)C)c1CC(=O)N=S1(=O)NC(=O)c2ccccc21. The van der Waals surface area contributed by atoms with Crippen molar-refractivity contribution in [2.75, 3.05) is 0 Å². The van der Waals surface area contributed by atoms with E-state index in [1.165, 1.54) is 24.3 Å². The normalized spacial score (nSPS) is 18.1. The van der Waals surface area contributed by atoms with E-state index in [0.717, 1.165) is 0 Å². The van der Waals surface area contributed by atoms with Gasteiger partial charge in [-0.15, -0.1) is 4.36 Å². The Morgan fingerprint density at radius 2 is 1.63 bits per heavy atom. The van der Waals surface area contributed by atoms with Gasteiger partial charge in [-0.1, -0.05) is 39.8 Å². The molecule has 1 heterocycles. The second-order valence-electron chi connectivity index (χ2n) is 7.90. The van der Waals surface area contributed by atoms with Crippen LogP contribution in [0.4, 0.5) is 8.78 Å². The van der Waals surface area contributed by atoms with E-state index in [-0.39, 0.29) is 34.3 Å². The quantitative estimate of drug-likeness (QED) is 0.709. The molecule has 1 aliphatic heterocycles. The summed E-state index contributed by atoms with van der Waals surface area (Å²) in [5.41, 5.74) is 2.06. The van der Waals surface area contributed by atoms with Crippen LogP contribution in [0.25, 0.3) is 0 Å². The molecule has 0 aromatic heterocycles. The number of nitrogens with zero attached hydrogens (tertiary/aromatic N) is 1. The Morgan fingerprint density at radius 3 is 2.17 bits per heavy atom. The topological polar surface area (TPSA) is 75.6 Å². The third-order valence-electron chi connectivity index (χ3n) is 5.06. The Morgan fingerprint density at radius 1 is 1.07 bits per heavy atom. The third kappa shape index (κ3) is 4.14. The summed E-state index contributed by atoms with van der Waals surface area (Å²) in [7, 11) is -3.41. The van der Waals surface area contributed by atoms with Crippen LogP contribution in [0.3, 0.4) is 0 Å². The van der Waals surface area contributed by atoms with Gasteiger partial charge in [0.2, 0.25) is 0 Å². The summed E-state index contributed by atoms with van der Waals surface area (Å²) < 4.78 is 46.1. The minimum absolute atomic E-state index is 0.0848. The van der Waals surface area contributed by atoms with Crippen molar-refractivity contribution in [2.45, 2.75) is 57.3 Å². The zero-order valence-corrected chi connectivity index (χ0v) is 18.1. The molecule has 30 heavy (non-hydrogen) atoms. The maximum Gasteiger partial charge on any atom is 0.265 e. The molecule has 2 amide bonds. The Bertz CT molecular complexity index is 1100. The number of amides is 2. The molecule has 0 aliphatic carbocycles. The molecule has 160 valence electrons. The van der Waals surface area contributed by atoms with E-state index < -0.39 is 28.2 Å². The lowest BCUT2D eigenvalue weighted by atomic mass is 9.85. The molecule has 0 bridgehead atoms. The summed E-state index contributed by atoms with van der Waals surface area (Å²) in [4.78, 5) is 25.1. The number of alkyl halides is 2. The summed E-state index contributed by atoms with van der Waals surface area (Å²) in [6.45, 7) is 7.47. The standard InChI is InChI=1S/C22H24F2N2O3S/c1-12(2)16-9-14(21(23)24)10-17(13(3)4)18(16)11-20(27)25-30(29)19-8-6-5-7-15(19)22(28)26-30/h5-10,12-13,21H,11H2,1-4H3,(H,25,26,27,28,29). The monoisotopic (exact) mass is 434 g/mol. The lowest BCUT2D eigenvalue weighted by Crippen LogP contribution is -2.22. The zero-order chi connectivity index (χ0) is 22.2. The van der Waals surface area contributed by atoms with Crippen molar-refractivity contribution in [3.8, 4) is 0 Å². The highest BCUT2D eigenvalue weighted by atomic mass is 32.2. The summed E-state index contributed by atoms with van der Waals surface area (Å²) >= 11 is 0. The van der Waals surface area contributed by atoms with Gasteiger partial charge in [-0.3, -0.25) is 14.3 Å². The molecular weight excluding hydrogens is 410 g/mol. The maximum absolute atomic E-state index is 13.4. The van der Waals surface area contributed by atoms with Crippen molar-refractivity contribution in [2.24, 2.45) is 4.36 Å². The number of hydrogen-bond acceptors (Lipinski definition) is 3. The van der Waals surface area contributed by atoms with Crippen LogP contribution in [0.15, 0.2) is 45.7 Å². The molecule has 0 radical (unpaired) electrons. The van der Waals surface area contributed by atoms with Crippen molar-refractivity contribution in [1.29, 1.82) is 0 Å². The molecule has 0 saturated heterocycles. The van der Waals surface area contributed by atoms with E-state index in [1.807, 2.05) is 27.7 Å². The number of hydrogen-bond donors (Lipinski definition) is 1. The predicted molar refractivity (Wildman–Crippen MR) is 111 cm³/mol. The van der Waals surface area contributed by atoms with E-state index in [0.29, 0.717) is 16.7 Å². The molecule has 5 nitrogen and oxygen atoms in total. The fraction of sp³-hybridized carbons (Fsp3) is 0.364. The van der Waals surface area contributed by atoms with E-state index in [4.69, 9.17) is 0 Å². The van der Waals surface area contributed by atoms with Crippen molar-refractivity contribution in [3.05, 3.63) is 64.2 Å². The molecule has 0 saturated carbocycles. The van der Waals surface area contributed by atoms with Crippen molar-refractivity contribution >= 4 is 21.7 Å². The average molecular weight is 435 g/mol. The van der Waals surface area contributed by atoms with Gasteiger partial charge in [0.25, 0.3) is 18.2 Å². The molecule has 0 spiro atoms. The fourth-order valence-electron chi connectivity index (χ4n) is 3.63. The Balaban J connectivity index is 2.07. The van der Waals surface area contributed by atoms with E-state index in [9.17, 15) is 22.6 Å². The lowest BCUT2D eigenvalue weighted by molar-refractivity contribution is -0.117. The highest BCUT2D eigenvalue weighted by molar-refractivity contribution is 7.93. The first-order valence-corrected chi connectivity index (χ1v) is 11.2. The molecule has 1 aliphatic rings. The Labute approximate surface area is 175 Å². The van der Waals surface area contributed by atoms with Crippen LogP contribution >= 0.6 is 0 Å². The molecular formula is C22H24F2N2O3S. The summed E-state index contributed by atoms with van der Waals surface area (Å²) in [5.74, 6) is -1.40. The zero-order valence-electron chi connectivity index (χ0n) is 17.2. The highest BCUT2D eigenvalue weighted by Crippen LogP contribution is 2.34. The fourth-order valence-corrected chi connectivity index (χ4v) is 5.32. The highest BCUT2D eigenvalue weighted by Gasteiger charge is 2.31. The van der Waals surface area contributed by atoms with Crippen LogP contribution < -0.4 is 4.72 Å². The van der Waals surface area contributed by atoms with Crippen molar-refractivity contribution in [3.63, 3.8) is 0 Å². The Kier molecular flexibility index (Phi) is 6.08. The maximum atomic E-state index is 13.4. The first kappa shape index (κ1) is 22.1. The minimum Gasteiger partial charge on any atom is -0.272 e.